The predicted octanol–water partition coefficient (Wildman–Crippen LogP) is 3.68. The Bertz CT molecular complexity index is 697. The molecule has 0 spiro atoms. The Morgan fingerprint density at radius 2 is 1.74 bits per heavy atom. The first-order valence-electron chi connectivity index (χ1n) is 5.39. The Balaban J connectivity index is 2.59. The van der Waals surface area contributed by atoms with Gasteiger partial charge < -0.3 is 0 Å². The molecule has 0 aliphatic carbocycles. The molecule has 1 N–H and O–H groups in total. The highest BCUT2D eigenvalue weighted by atomic mass is 35.5. The molecule has 0 aliphatic rings. The van der Waals surface area contributed by atoms with Gasteiger partial charge in [0.25, 0.3) is 10.1 Å². The van der Waals surface area contributed by atoms with E-state index in [1.807, 2.05) is 30.3 Å². The molecule has 6 heteroatoms. The van der Waals surface area contributed by atoms with E-state index in [1.165, 1.54) is 0 Å². The van der Waals surface area contributed by atoms with Gasteiger partial charge in [-0.15, -0.1) is 12.6 Å². The summed E-state index contributed by atoms with van der Waals surface area (Å²) in [6, 6.07) is 12.5. The molecular weight excluding hydrogens is 304 g/mol. The van der Waals surface area contributed by atoms with E-state index in [0.717, 1.165) is 5.56 Å². The Morgan fingerprint density at radius 1 is 1.11 bits per heavy atom. The number of hydrogen-bond acceptors (Lipinski definition) is 3. The van der Waals surface area contributed by atoms with Crippen molar-refractivity contribution in [3.63, 3.8) is 0 Å². The molecule has 2 rings (SSSR count). The molecule has 3 nitrogen and oxygen atoms in total. The van der Waals surface area contributed by atoms with Crippen molar-refractivity contribution in [3.8, 4) is 11.1 Å². The summed E-state index contributed by atoms with van der Waals surface area (Å²) in [5, 5.41) is 0.482. The van der Waals surface area contributed by atoms with Gasteiger partial charge >= 0.3 is 0 Å². The molecule has 0 radical (unpaired) electrons. The fraction of sp³-hybridized carbons (Fsp3) is 0.0769. The normalized spacial score (nSPS) is 11.5. The van der Waals surface area contributed by atoms with Crippen LogP contribution in [0.3, 0.4) is 0 Å². The smallest absolute Gasteiger partial charge is 0.269 e. The zero-order chi connectivity index (χ0) is 14.0. The lowest BCUT2D eigenvalue weighted by Crippen LogP contribution is -2.03. The molecule has 0 atom stereocenters. The molecule has 0 aromatic heterocycles. The molecule has 0 saturated heterocycles. The number of benzene rings is 2. The van der Waals surface area contributed by atoms with Crippen LogP contribution >= 0.6 is 24.2 Å². The first-order valence-corrected chi connectivity index (χ1v) is 7.83. The van der Waals surface area contributed by atoms with E-state index in [9.17, 15) is 8.42 Å². The summed E-state index contributed by atoms with van der Waals surface area (Å²) in [7, 11) is -4.10. The number of halogens is 1. The van der Waals surface area contributed by atoms with Crippen molar-refractivity contribution in [2.24, 2.45) is 0 Å². The zero-order valence-electron chi connectivity index (χ0n) is 9.75. The van der Waals surface area contributed by atoms with Crippen molar-refractivity contribution in [2.45, 2.75) is 10.6 Å². The molecule has 2 aromatic rings. The molecule has 0 saturated carbocycles. The molecule has 0 heterocycles. The van der Waals surface area contributed by atoms with Crippen LogP contribution in [0.5, 0.6) is 0 Å². The zero-order valence-corrected chi connectivity index (χ0v) is 12.2. The van der Waals surface area contributed by atoms with E-state index < -0.39 is 15.9 Å². The van der Waals surface area contributed by atoms with Crippen molar-refractivity contribution in [2.75, 3.05) is 0 Å². The van der Waals surface area contributed by atoms with Crippen LogP contribution in [-0.2, 0) is 15.9 Å². The Kier molecular flexibility index (Phi) is 4.20. The van der Waals surface area contributed by atoms with Crippen LogP contribution < -0.4 is 0 Å². The standard InChI is InChI=1S/C13H11ClO3S2/c14-11-7-6-10(8-19(15,16)17)13(18)12(11)9-4-2-1-3-5-9/h1-7,18H,8H2,(H,15,16,17). The van der Waals surface area contributed by atoms with Crippen molar-refractivity contribution < 1.29 is 13.0 Å². The van der Waals surface area contributed by atoms with Crippen LogP contribution in [0.4, 0.5) is 0 Å². The number of hydrogen-bond donors (Lipinski definition) is 2. The third-order valence-corrected chi connectivity index (χ3v) is 4.11. The summed E-state index contributed by atoms with van der Waals surface area (Å²) < 4.78 is 30.9. The third-order valence-electron chi connectivity index (χ3n) is 2.61. The van der Waals surface area contributed by atoms with E-state index in [-0.39, 0.29) is 0 Å². The van der Waals surface area contributed by atoms with Crippen molar-refractivity contribution in [1.82, 2.24) is 0 Å². The lowest BCUT2D eigenvalue weighted by Gasteiger charge is -2.12. The van der Waals surface area contributed by atoms with Gasteiger partial charge in [0.1, 0.15) is 5.75 Å². The third kappa shape index (κ3) is 3.51. The topological polar surface area (TPSA) is 54.4 Å². The van der Waals surface area contributed by atoms with Gasteiger partial charge in [-0.25, -0.2) is 0 Å². The Hall–Kier alpha value is -1.01. The molecular formula is C13H11ClO3S2. The Morgan fingerprint density at radius 3 is 2.32 bits per heavy atom. The first-order chi connectivity index (χ1) is 8.88. The van der Waals surface area contributed by atoms with Crippen LogP contribution in [0.1, 0.15) is 5.56 Å². The van der Waals surface area contributed by atoms with Gasteiger partial charge in [-0.1, -0.05) is 48.0 Å². The molecule has 19 heavy (non-hydrogen) atoms. The quantitative estimate of drug-likeness (QED) is 0.671. The van der Waals surface area contributed by atoms with E-state index in [4.69, 9.17) is 16.2 Å². The average Bonchev–Trinajstić information content (AvgIpc) is 2.33. The maximum atomic E-state index is 11.0. The van der Waals surface area contributed by atoms with Crippen LogP contribution in [0.15, 0.2) is 47.4 Å². The minimum Gasteiger partial charge on any atom is -0.285 e. The highest BCUT2D eigenvalue weighted by Gasteiger charge is 2.15. The summed E-state index contributed by atoms with van der Waals surface area (Å²) in [4.78, 5) is 0.455. The summed E-state index contributed by atoms with van der Waals surface area (Å²) in [5.74, 6) is -0.483. The highest BCUT2D eigenvalue weighted by Crippen LogP contribution is 2.36. The van der Waals surface area contributed by atoms with E-state index in [2.05, 4.69) is 12.6 Å². The number of thiol groups is 1. The van der Waals surface area contributed by atoms with Crippen LogP contribution in [0.25, 0.3) is 11.1 Å². The summed E-state index contributed by atoms with van der Waals surface area (Å²) in [5.41, 5.74) is 1.91. The van der Waals surface area contributed by atoms with E-state index >= 15 is 0 Å². The molecule has 100 valence electrons. The lowest BCUT2D eigenvalue weighted by molar-refractivity contribution is 0.482. The SMILES string of the molecule is O=S(=O)(O)Cc1ccc(Cl)c(-c2ccccc2)c1S. The van der Waals surface area contributed by atoms with Crippen LogP contribution in [0.2, 0.25) is 5.02 Å². The van der Waals surface area contributed by atoms with Crippen molar-refractivity contribution in [3.05, 3.63) is 53.1 Å². The monoisotopic (exact) mass is 314 g/mol. The van der Waals surface area contributed by atoms with Crippen LogP contribution in [0, 0.1) is 0 Å². The second-order valence-corrected chi connectivity index (χ2v) is 6.33. The lowest BCUT2D eigenvalue weighted by atomic mass is 10.0. The van der Waals surface area contributed by atoms with Crippen molar-refractivity contribution >= 4 is 34.3 Å². The largest absolute Gasteiger partial charge is 0.285 e. The van der Waals surface area contributed by atoms with Gasteiger partial charge in [0.05, 0.1) is 0 Å². The minimum absolute atomic E-state index is 0.411. The maximum Gasteiger partial charge on any atom is 0.269 e. The van der Waals surface area contributed by atoms with Gasteiger partial charge in [-0.05, 0) is 17.2 Å². The van der Waals surface area contributed by atoms with Gasteiger partial charge in [0.2, 0.25) is 0 Å². The second-order valence-electron chi connectivity index (χ2n) is 4.02. The summed E-state index contributed by atoms with van der Waals surface area (Å²) in [6.07, 6.45) is 0. The molecule has 0 aliphatic heterocycles. The summed E-state index contributed by atoms with van der Waals surface area (Å²) in [6.45, 7) is 0. The summed E-state index contributed by atoms with van der Waals surface area (Å²) >= 11 is 10.5. The number of rotatable bonds is 3. The Labute approximate surface area is 122 Å². The highest BCUT2D eigenvalue weighted by molar-refractivity contribution is 7.85. The second kappa shape index (κ2) is 5.54. The minimum atomic E-state index is -4.10. The van der Waals surface area contributed by atoms with Gasteiger partial charge in [-0.3, -0.25) is 4.55 Å². The van der Waals surface area contributed by atoms with Crippen molar-refractivity contribution in [1.29, 1.82) is 0 Å². The van der Waals surface area contributed by atoms with Gasteiger partial charge in [0, 0.05) is 15.5 Å². The van der Waals surface area contributed by atoms with E-state index in [0.29, 0.717) is 21.0 Å². The van der Waals surface area contributed by atoms with E-state index in [1.54, 1.807) is 12.1 Å². The van der Waals surface area contributed by atoms with Gasteiger partial charge in [0.15, 0.2) is 0 Å². The molecule has 0 unspecified atom stereocenters. The van der Waals surface area contributed by atoms with Gasteiger partial charge in [-0.2, -0.15) is 8.42 Å². The predicted molar refractivity (Wildman–Crippen MR) is 79.4 cm³/mol. The van der Waals surface area contributed by atoms with Crippen LogP contribution in [-0.4, -0.2) is 13.0 Å². The first kappa shape index (κ1) is 14.4. The fourth-order valence-electron chi connectivity index (χ4n) is 1.80. The molecule has 2 aromatic carbocycles. The molecule has 0 bridgehead atoms. The average molecular weight is 315 g/mol. The fourth-order valence-corrected chi connectivity index (χ4v) is 3.28. The molecule has 0 fully saturated rings. The molecule has 0 amide bonds. The maximum absolute atomic E-state index is 11.0.